The second-order valence-corrected chi connectivity index (χ2v) is 5.67. The Kier molecular flexibility index (Phi) is 5.32. The van der Waals surface area contributed by atoms with Crippen molar-refractivity contribution in [1.82, 2.24) is 0 Å². The number of quaternary nitrogens is 1. The van der Waals surface area contributed by atoms with Gasteiger partial charge in [-0.2, -0.15) is 0 Å². The fraction of sp³-hybridized carbons (Fsp3) is 0.533. The highest BCUT2D eigenvalue weighted by Crippen LogP contribution is 2.28. The van der Waals surface area contributed by atoms with E-state index in [4.69, 9.17) is 4.74 Å². The number of ether oxygens (including phenoxy) is 1. The summed E-state index contributed by atoms with van der Waals surface area (Å²) in [6, 6.07) is 4.86. The molecule has 0 saturated carbocycles. The lowest BCUT2D eigenvalue weighted by Gasteiger charge is -2.29. The topological polar surface area (TPSA) is 85.9 Å². The SMILES string of the molecule is COc1ccc(NC(=O)C[NH+]2CCCC[C@H]2C)c([N+](=O)[O-])c1. The number of hydrogen-bond acceptors (Lipinski definition) is 4. The molecule has 7 heteroatoms. The van der Waals surface area contributed by atoms with Crippen LogP contribution < -0.4 is 15.0 Å². The van der Waals surface area contributed by atoms with Crippen LogP contribution in [0, 0.1) is 10.1 Å². The van der Waals surface area contributed by atoms with Gasteiger partial charge >= 0.3 is 0 Å². The molecule has 2 N–H and O–H groups in total. The summed E-state index contributed by atoms with van der Waals surface area (Å²) in [7, 11) is 1.44. The highest BCUT2D eigenvalue weighted by Gasteiger charge is 2.25. The lowest BCUT2D eigenvalue weighted by Crippen LogP contribution is -3.17. The Morgan fingerprint density at radius 2 is 2.27 bits per heavy atom. The number of likely N-dealkylation sites (tertiary alicyclic amines) is 1. The fourth-order valence-electron chi connectivity index (χ4n) is 2.81. The van der Waals surface area contributed by atoms with Gasteiger partial charge < -0.3 is 15.0 Å². The average Bonchev–Trinajstić information content (AvgIpc) is 2.49. The number of amides is 1. The number of nitro groups is 1. The number of methoxy groups -OCH3 is 1. The molecule has 0 radical (unpaired) electrons. The van der Waals surface area contributed by atoms with E-state index in [2.05, 4.69) is 12.2 Å². The standard InChI is InChI=1S/C15H21N3O4/c1-11-5-3-4-8-17(11)10-15(19)16-13-7-6-12(22-2)9-14(13)18(20)21/h6-7,9,11H,3-5,8,10H2,1-2H3,(H,16,19)/p+1/t11-/m1/s1. The van der Waals surface area contributed by atoms with E-state index in [-0.39, 0.29) is 17.3 Å². The molecule has 7 nitrogen and oxygen atoms in total. The normalized spacial score (nSPS) is 21.2. The first-order chi connectivity index (χ1) is 10.5. The van der Waals surface area contributed by atoms with Crippen molar-refractivity contribution >= 4 is 17.3 Å². The summed E-state index contributed by atoms with van der Waals surface area (Å²) in [5.74, 6) is 0.192. The first kappa shape index (κ1) is 16.2. The third-order valence-electron chi connectivity index (χ3n) is 4.15. The van der Waals surface area contributed by atoms with Crippen molar-refractivity contribution in [2.24, 2.45) is 0 Å². The molecule has 1 unspecified atom stereocenters. The Morgan fingerprint density at radius 3 is 2.91 bits per heavy atom. The molecule has 1 amide bonds. The highest BCUT2D eigenvalue weighted by molar-refractivity contribution is 5.93. The van der Waals surface area contributed by atoms with Crippen LogP contribution in [-0.2, 0) is 4.79 Å². The molecule has 2 atom stereocenters. The zero-order valence-corrected chi connectivity index (χ0v) is 12.9. The van der Waals surface area contributed by atoms with E-state index in [1.807, 2.05) is 0 Å². The third-order valence-corrected chi connectivity index (χ3v) is 4.15. The maximum atomic E-state index is 12.2. The van der Waals surface area contributed by atoms with Crippen molar-refractivity contribution in [3.8, 4) is 5.75 Å². The summed E-state index contributed by atoms with van der Waals surface area (Å²) in [6.45, 7) is 3.45. The number of hydrogen-bond donors (Lipinski definition) is 2. The van der Waals surface area contributed by atoms with Gasteiger partial charge in [0.1, 0.15) is 11.4 Å². The van der Waals surface area contributed by atoms with E-state index in [9.17, 15) is 14.9 Å². The minimum atomic E-state index is -0.519. The molecule has 1 aliphatic heterocycles. The minimum Gasteiger partial charge on any atom is -0.496 e. The maximum absolute atomic E-state index is 12.2. The minimum absolute atomic E-state index is 0.158. The average molecular weight is 308 g/mol. The van der Waals surface area contributed by atoms with E-state index in [0.29, 0.717) is 18.3 Å². The van der Waals surface area contributed by atoms with E-state index in [1.54, 1.807) is 6.07 Å². The van der Waals surface area contributed by atoms with E-state index < -0.39 is 4.92 Å². The van der Waals surface area contributed by atoms with Crippen LogP contribution in [-0.4, -0.2) is 37.1 Å². The molecule has 22 heavy (non-hydrogen) atoms. The Labute approximate surface area is 129 Å². The number of nitrogens with one attached hydrogen (secondary N) is 2. The van der Waals surface area contributed by atoms with Gasteiger partial charge in [0.05, 0.1) is 30.7 Å². The molecule has 0 spiro atoms. The molecule has 1 aliphatic rings. The van der Waals surface area contributed by atoms with Gasteiger partial charge in [0.2, 0.25) is 0 Å². The molecular formula is C15H22N3O4+. The second kappa shape index (κ2) is 7.22. The van der Waals surface area contributed by atoms with Crippen molar-refractivity contribution in [2.45, 2.75) is 32.2 Å². The number of nitro benzene ring substituents is 1. The molecular weight excluding hydrogens is 286 g/mol. The maximum Gasteiger partial charge on any atom is 0.296 e. The van der Waals surface area contributed by atoms with Crippen molar-refractivity contribution in [3.63, 3.8) is 0 Å². The van der Waals surface area contributed by atoms with Crippen LogP contribution in [0.25, 0.3) is 0 Å². The predicted octanol–water partition coefficient (Wildman–Crippen LogP) is 0.999. The van der Waals surface area contributed by atoms with E-state index >= 15 is 0 Å². The van der Waals surface area contributed by atoms with Crippen LogP contribution in [0.3, 0.4) is 0 Å². The first-order valence-corrected chi connectivity index (χ1v) is 7.48. The Bertz CT molecular complexity index is 562. The number of carbonyl (C=O) groups is 1. The van der Waals surface area contributed by atoms with E-state index in [1.165, 1.54) is 30.6 Å². The Hall–Kier alpha value is -2.15. The molecule has 1 heterocycles. The summed E-state index contributed by atoms with van der Waals surface area (Å²) >= 11 is 0. The summed E-state index contributed by atoms with van der Waals surface area (Å²) < 4.78 is 4.98. The van der Waals surface area contributed by atoms with Gasteiger partial charge in [0, 0.05) is 0 Å². The number of nitrogens with zero attached hydrogens (tertiary/aromatic N) is 1. The molecule has 0 aliphatic carbocycles. The van der Waals surface area contributed by atoms with Crippen molar-refractivity contribution in [3.05, 3.63) is 28.3 Å². The smallest absolute Gasteiger partial charge is 0.296 e. The van der Waals surface area contributed by atoms with Gasteiger partial charge in [0.25, 0.3) is 11.6 Å². The van der Waals surface area contributed by atoms with Crippen LogP contribution >= 0.6 is 0 Å². The van der Waals surface area contributed by atoms with E-state index in [0.717, 1.165) is 19.4 Å². The highest BCUT2D eigenvalue weighted by atomic mass is 16.6. The predicted molar refractivity (Wildman–Crippen MR) is 82.3 cm³/mol. The zero-order valence-electron chi connectivity index (χ0n) is 12.9. The second-order valence-electron chi connectivity index (χ2n) is 5.67. The Morgan fingerprint density at radius 1 is 1.50 bits per heavy atom. The molecule has 0 aromatic heterocycles. The molecule has 1 aromatic rings. The van der Waals surface area contributed by atoms with Gasteiger partial charge in [-0.3, -0.25) is 14.9 Å². The molecule has 120 valence electrons. The largest absolute Gasteiger partial charge is 0.496 e. The van der Waals surface area contributed by atoms with Crippen molar-refractivity contribution < 1.29 is 19.4 Å². The Balaban J connectivity index is 2.06. The van der Waals surface area contributed by atoms with Crippen LogP contribution in [0.1, 0.15) is 26.2 Å². The number of piperidine rings is 1. The molecule has 0 bridgehead atoms. The fourth-order valence-corrected chi connectivity index (χ4v) is 2.81. The van der Waals surface area contributed by atoms with Gasteiger partial charge in [-0.1, -0.05) is 0 Å². The zero-order chi connectivity index (χ0) is 16.1. The molecule has 1 fully saturated rings. The lowest BCUT2D eigenvalue weighted by molar-refractivity contribution is -0.920. The van der Waals surface area contributed by atoms with Crippen LogP contribution in [0.2, 0.25) is 0 Å². The lowest BCUT2D eigenvalue weighted by atomic mass is 10.0. The van der Waals surface area contributed by atoms with Gasteiger partial charge in [0.15, 0.2) is 6.54 Å². The van der Waals surface area contributed by atoms with Gasteiger partial charge in [-0.15, -0.1) is 0 Å². The molecule has 2 rings (SSSR count). The summed E-state index contributed by atoms with van der Waals surface area (Å²) in [6.07, 6.45) is 3.44. The van der Waals surface area contributed by atoms with Crippen molar-refractivity contribution in [1.29, 1.82) is 0 Å². The quantitative estimate of drug-likeness (QED) is 0.627. The summed E-state index contributed by atoms with van der Waals surface area (Å²) in [4.78, 5) is 24.0. The van der Waals surface area contributed by atoms with Crippen LogP contribution in [0.4, 0.5) is 11.4 Å². The number of anilines is 1. The number of benzene rings is 1. The molecule has 1 aromatic carbocycles. The van der Waals surface area contributed by atoms with Crippen molar-refractivity contribution in [2.75, 3.05) is 25.5 Å². The van der Waals surface area contributed by atoms with Crippen LogP contribution in [0.5, 0.6) is 5.75 Å². The number of rotatable bonds is 5. The van der Waals surface area contributed by atoms with Crippen LogP contribution in [0.15, 0.2) is 18.2 Å². The summed E-state index contributed by atoms with van der Waals surface area (Å²) in [5, 5.41) is 13.8. The number of carbonyl (C=O) groups excluding carboxylic acids is 1. The van der Waals surface area contributed by atoms with Gasteiger partial charge in [-0.05, 0) is 38.3 Å². The third kappa shape index (κ3) is 3.94. The monoisotopic (exact) mass is 308 g/mol. The van der Waals surface area contributed by atoms with Gasteiger partial charge in [-0.25, -0.2) is 0 Å². The first-order valence-electron chi connectivity index (χ1n) is 7.48. The molecule has 1 saturated heterocycles. The summed E-state index contributed by atoms with van der Waals surface area (Å²) in [5.41, 5.74) is 0.0502.